The molecule has 0 aliphatic rings. The Morgan fingerprint density at radius 1 is 1.24 bits per heavy atom. The number of rotatable bonds is 6. The predicted octanol–water partition coefficient (Wildman–Crippen LogP) is 3.15. The molecule has 2 aromatic rings. The molecule has 0 unspecified atom stereocenters. The zero-order valence-corrected chi connectivity index (χ0v) is 10.9. The Morgan fingerprint density at radius 2 is 2.12 bits per heavy atom. The molecule has 0 radical (unpaired) electrons. The molecule has 0 atom stereocenters. The topological polar surface area (TPSA) is 29.5 Å². The molecule has 0 aliphatic carbocycles. The molecule has 17 heavy (non-hydrogen) atoms. The number of hydrogen-bond acceptors (Lipinski definition) is 3. The van der Waals surface area contributed by atoms with Crippen LogP contribution in [0.2, 0.25) is 0 Å². The van der Waals surface area contributed by atoms with E-state index in [0.717, 1.165) is 19.4 Å². The van der Waals surface area contributed by atoms with Gasteiger partial charge in [0.15, 0.2) is 0 Å². The lowest BCUT2D eigenvalue weighted by Crippen LogP contribution is -2.01. The van der Waals surface area contributed by atoms with Crippen molar-refractivity contribution in [2.75, 3.05) is 19.8 Å². The highest BCUT2D eigenvalue weighted by atomic mass is 32.1. The number of aliphatic hydroxyl groups excluding tert-OH is 1. The molecule has 3 heteroatoms. The van der Waals surface area contributed by atoms with Crippen molar-refractivity contribution in [3.8, 4) is 0 Å². The fourth-order valence-corrected chi connectivity index (χ4v) is 2.74. The summed E-state index contributed by atoms with van der Waals surface area (Å²) in [7, 11) is 0. The number of aliphatic hydroxyl groups is 1. The zero-order valence-electron chi connectivity index (χ0n) is 10.1. The van der Waals surface area contributed by atoms with Crippen molar-refractivity contribution in [2.24, 2.45) is 0 Å². The van der Waals surface area contributed by atoms with Gasteiger partial charge in [0.2, 0.25) is 0 Å². The number of hydrogen-bond donors (Lipinski definition) is 1. The van der Waals surface area contributed by atoms with Gasteiger partial charge in [0.1, 0.15) is 0 Å². The van der Waals surface area contributed by atoms with E-state index in [1.807, 2.05) is 11.3 Å². The normalized spacial score (nSPS) is 11.2. The molecule has 1 aromatic heterocycles. The maximum Gasteiger partial charge on any atom is 0.0506 e. The summed E-state index contributed by atoms with van der Waals surface area (Å²) < 4.78 is 6.79. The van der Waals surface area contributed by atoms with Gasteiger partial charge in [-0.2, -0.15) is 0 Å². The van der Waals surface area contributed by atoms with Gasteiger partial charge in [-0.05, 0) is 42.8 Å². The predicted molar refractivity (Wildman–Crippen MR) is 72.8 cm³/mol. The lowest BCUT2D eigenvalue weighted by molar-refractivity contribution is 0.118. The molecule has 1 heterocycles. The zero-order chi connectivity index (χ0) is 12.1. The minimum absolute atomic E-state index is 0.208. The molecule has 0 saturated carbocycles. The van der Waals surface area contributed by atoms with Crippen LogP contribution in [0.3, 0.4) is 0 Å². The summed E-state index contributed by atoms with van der Waals surface area (Å²) in [5.74, 6) is 0. The molecule has 0 bridgehead atoms. The summed E-state index contributed by atoms with van der Waals surface area (Å²) in [5.41, 5.74) is 1.32. The molecule has 2 nitrogen and oxygen atoms in total. The second-order valence-electron chi connectivity index (χ2n) is 4.17. The van der Waals surface area contributed by atoms with Crippen LogP contribution < -0.4 is 0 Å². The number of ether oxygens (including phenoxy) is 1. The molecular weight excluding hydrogens is 232 g/mol. The fourth-order valence-electron chi connectivity index (χ4n) is 1.84. The Hall–Kier alpha value is -0.900. The highest BCUT2D eigenvalue weighted by molar-refractivity contribution is 7.19. The second-order valence-corrected chi connectivity index (χ2v) is 5.46. The SMILES string of the molecule is Cc1cc2cc(CCOCCCO)ccc2s1. The average Bonchev–Trinajstić information content (AvgIpc) is 2.68. The van der Waals surface area contributed by atoms with E-state index in [0.29, 0.717) is 6.61 Å². The summed E-state index contributed by atoms with van der Waals surface area (Å²) >= 11 is 1.84. The van der Waals surface area contributed by atoms with E-state index >= 15 is 0 Å². The maximum atomic E-state index is 8.62. The summed E-state index contributed by atoms with van der Waals surface area (Å²) in [6.45, 7) is 3.73. The van der Waals surface area contributed by atoms with Crippen LogP contribution in [0.15, 0.2) is 24.3 Å². The minimum Gasteiger partial charge on any atom is -0.396 e. The van der Waals surface area contributed by atoms with Crippen LogP contribution in [0.4, 0.5) is 0 Å². The Balaban J connectivity index is 1.90. The van der Waals surface area contributed by atoms with E-state index in [1.165, 1.54) is 20.5 Å². The van der Waals surface area contributed by atoms with Gasteiger partial charge in [0.25, 0.3) is 0 Å². The fraction of sp³-hybridized carbons (Fsp3) is 0.429. The molecule has 0 saturated heterocycles. The highest BCUT2D eigenvalue weighted by Gasteiger charge is 2.00. The van der Waals surface area contributed by atoms with Crippen molar-refractivity contribution in [1.82, 2.24) is 0 Å². The molecule has 0 spiro atoms. The van der Waals surface area contributed by atoms with Gasteiger partial charge in [-0.1, -0.05) is 12.1 Å². The standard InChI is InChI=1S/C14H18O2S/c1-11-9-13-10-12(3-4-14(13)17-11)5-8-16-7-2-6-15/h3-4,9-10,15H,2,5-8H2,1H3. The molecule has 1 N–H and O–H groups in total. The van der Waals surface area contributed by atoms with Gasteiger partial charge in [-0.25, -0.2) is 0 Å². The van der Waals surface area contributed by atoms with Crippen molar-refractivity contribution in [2.45, 2.75) is 19.8 Å². The van der Waals surface area contributed by atoms with Gasteiger partial charge in [0.05, 0.1) is 6.61 Å². The van der Waals surface area contributed by atoms with Crippen LogP contribution in [0, 0.1) is 6.92 Å². The van der Waals surface area contributed by atoms with Crippen LogP contribution in [-0.4, -0.2) is 24.9 Å². The maximum absolute atomic E-state index is 8.62. The number of thiophene rings is 1. The molecule has 92 valence electrons. The van der Waals surface area contributed by atoms with Gasteiger partial charge in [-0.3, -0.25) is 0 Å². The Morgan fingerprint density at radius 3 is 2.94 bits per heavy atom. The molecule has 0 aliphatic heterocycles. The molecule has 1 aromatic carbocycles. The van der Waals surface area contributed by atoms with Crippen molar-refractivity contribution < 1.29 is 9.84 Å². The van der Waals surface area contributed by atoms with E-state index < -0.39 is 0 Å². The van der Waals surface area contributed by atoms with Crippen LogP contribution >= 0.6 is 11.3 Å². The van der Waals surface area contributed by atoms with Crippen LogP contribution in [0.1, 0.15) is 16.9 Å². The van der Waals surface area contributed by atoms with E-state index in [-0.39, 0.29) is 6.61 Å². The van der Waals surface area contributed by atoms with E-state index in [9.17, 15) is 0 Å². The van der Waals surface area contributed by atoms with Gasteiger partial charge >= 0.3 is 0 Å². The summed E-state index contributed by atoms with van der Waals surface area (Å²) in [5, 5.41) is 9.96. The first-order valence-electron chi connectivity index (χ1n) is 5.97. The number of benzene rings is 1. The minimum atomic E-state index is 0.208. The van der Waals surface area contributed by atoms with Crippen LogP contribution in [0.5, 0.6) is 0 Å². The van der Waals surface area contributed by atoms with Gasteiger partial charge < -0.3 is 9.84 Å². The first kappa shape index (κ1) is 12.6. The molecule has 2 rings (SSSR count). The second kappa shape index (κ2) is 6.15. The summed E-state index contributed by atoms with van der Waals surface area (Å²) in [6, 6.07) is 8.84. The Labute approximate surface area is 106 Å². The largest absolute Gasteiger partial charge is 0.396 e. The van der Waals surface area contributed by atoms with E-state index in [1.54, 1.807) is 0 Å². The van der Waals surface area contributed by atoms with Gasteiger partial charge in [0, 0.05) is 22.8 Å². The van der Waals surface area contributed by atoms with Crippen molar-refractivity contribution >= 4 is 21.4 Å². The Kier molecular flexibility index (Phi) is 4.54. The number of fused-ring (bicyclic) bond motifs is 1. The summed E-state index contributed by atoms with van der Waals surface area (Å²) in [6.07, 6.45) is 1.67. The van der Waals surface area contributed by atoms with Crippen molar-refractivity contribution in [1.29, 1.82) is 0 Å². The van der Waals surface area contributed by atoms with Gasteiger partial charge in [-0.15, -0.1) is 11.3 Å². The smallest absolute Gasteiger partial charge is 0.0506 e. The van der Waals surface area contributed by atoms with Crippen LogP contribution in [0.25, 0.3) is 10.1 Å². The average molecular weight is 250 g/mol. The summed E-state index contributed by atoms with van der Waals surface area (Å²) in [4.78, 5) is 1.36. The quantitative estimate of drug-likeness (QED) is 0.798. The van der Waals surface area contributed by atoms with Crippen molar-refractivity contribution in [3.05, 3.63) is 34.7 Å². The van der Waals surface area contributed by atoms with E-state index in [2.05, 4.69) is 31.2 Å². The third-order valence-corrected chi connectivity index (χ3v) is 3.72. The third kappa shape index (κ3) is 3.53. The number of aryl methyl sites for hydroxylation is 1. The Bertz CT molecular complexity index is 476. The molecule has 0 amide bonds. The molecule has 0 fully saturated rings. The van der Waals surface area contributed by atoms with Crippen molar-refractivity contribution in [3.63, 3.8) is 0 Å². The molecular formula is C14H18O2S. The van der Waals surface area contributed by atoms with Crippen LogP contribution in [-0.2, 0) is 11.2 Å². The first-order valence-corrected chi connectivity index (χ1v) is 6.79. The lowest BCUT2D eigenvalue weighted by atomic mass is 10.1. The highest BCUT2D eigenvalue weighted by Crippen LogP contribution is 2.25. The first-order chi connectivity index (χ1) is 8.29. The monoisotopic (exact) mass is 250 g/mol. The third-order valence-electron chi connectivity index (χ3n) is 2.69. The lowest BCUT2D eigenvalue weighted by Gasteiger charge is -2.03. The van der Waals surface area contributed by atoms with E-state index in [4.69, 9.17) is 9.84 Å².